The van der Waals surface area contributed by atoms with Gasteiger partial charge in [0.05, 0.1) is 18.7 Å². The molecule has 6 nitrogen and oxygen atoms in total. The van der Waals surface area contributed by atoms with Crippen LogP contribution >= 0.6 is 12.2 Å². The quantitative estimate of drug-likeness (QED) is 0.651. The number of rotatable bonds is 3. The Balaban J connectivity index is 2.49. The fourth-order valence-electron chi connectivity index (χ4n) is 2.46. The zero-order valence-corrected chi connectivity index (χ0v) is 14.3. The second-order valence-electron chi connectivity index (χ2n) is 5.24. The van der Waals surface area contributed by atoms with Crippen LogP contribution in [0.1, 0.15) is 25.5 Å². The number of allylic oxidation sites excluding steroid dienone is 1. The number of esters is 1. The summed E-state index contributed by atoms with van der Waals surface area (Å²) in [6, 6.07) is 6.84. The Hall–Kier alpha value is -2.41. The number of carbonyl (C=O) groups excluding carboxylic acids is 2. The Kier molecular flexibility index (Phi) is 5.00. The molecule has 1 aliphatic heterocycles. The predicted molar refractivity (Wildman–Crippen MR) is 91.7 cm³/mol. The highest BCUT2D eigenvalue weighted by Crippen LogP contribution is 2.31. The SMILES string of the molecule is COC(=O)C1=C(C)N(C)C(=S)NC1c1cccc(NC(C)=O)c1. The van der Waals surface area contributed by atoms with E-state index in [1.165, 1.54) is 14.0 Å². The molecular weight excluding hydrogens is 314 g/mol. The van der Waals surface area contributed by atoms with Crippen molar-refractivity contribution >= 4 is 34.9 Å². The van der Waals surface area contributed by atoms with Crippen molar-refractivity contribution in [3.05, 3.63) is 41.1 Å². The van der Waals surface area contributed by atoms with Gasteiger partial charge in [0.2, 0.25) is 5.91 Å². The van der Waals surface area contributed by atoms with Crippen LogP contribution in [0.2, 0.25) is 0 Å². The number of hydrogen-bond donors (Lipinski definition) is 2. The van der Waals surface area contributed by atoms with E-state index in [1.807, 2.05) is 25.1 Å². The second kappa shape index (κ2) is 6.78. The Morgan fingerprint density at radius 3 is 2.70 bits per heavy atom. The number of hydrogen-bond acceptors (Lipinski definition) is 4. The summed E-state index contributed by atoms with van der Waals surface area (Å²) in [5.41, 5.74) is 2.69. The van der Waals surface area contributed by atoms with E-state index in [-0.39, 0.29) is 5.91 Å². The zero-order valence-electron chi connectivity index (χ0n) is 13.5. The van der Waals surface area contributed by atoms with Crippen LogP contribution in [-0.4, -0.2) is 36.0 Å². The molecule has 23 heavy (non-hydrogen) atoms. The molecule has 1 aromatic carbocycles. The van der Waals surface area contributed by atoms with Gasteiger partial charge in [-0.1, -0.05) is 12.1 Å². The Morgan fingerprint density at radius 2 is 2.09 bits per heavy atom. The van der Waals surface area contributed by atoms with Gasteiger partial charge in [-0.2, -0.15) is 0 Å². The molecule has 2 N–H and O–H groups in total. The van der Waals surface area contributed by atoms with Crippen LogP contribution in [-0.2, 0) is 14.3 Å². The second-order valence-corrected chi connectivity index (χ2v) is 5.63. The van der Waals surface area contributed by atoms with Crippen molar-refractivity contribution in [1.29, 1.82) is 0 Å². The smallest absolute Gasteiger partial charge is 0.337 e. The van der Waals surface area contributed by atoms with Crippen LogP contribution in [0.15, 0.2) is 35.5 Å². The molecule has 1 aromatic rings. The molecule has 1 unspecified atom stereocenters. The molecule has 0 aromatic heterocycles. The molecule has 7 heteroatoms. The molecule has 0 saturated heterocycles. The first-order valence-electron chi connectivity index (χ1n) is 7.06. The van der Waals surface area contributed by atoms with Gasteiger partial charge in [0, 0.05) is 25.4 Å². The van der Waals surface area contributed by atoms with E-state index in [9.17, 15) is 9.59 Å². The molecule has 0 saturated carbocycles. The zero-order chi connectivity index (χ0) is 17.1. The fourth-order valence-corrected chi connectivity index (χ4v) is 2.71. The summed E-state index contributed by atoms with van der Waals surface area (Å²) in [5.74, 6) is -0.576. The van der Waals surface area contributed by atoms with Crippen molar-refractivity contribution in [1.82, 2.24) is 10.2 Å². The molecule has 122 valence electrons. The minimum absolute atomic E-state index is 0.158. The van der Waals surface area contributed by atoms with E-state index in [1.54, 1.807) is 18.0 Å². The Labute approximate surface area is 140 Å². The van der Waals surface area contributed by atoms with Gasteiger partial charge in [-0.05, 0) is 36.8 Å². The average molecular weight is 333 g/mol. The van der Waals surface area contributed by atoms with Gasteiger partial charge in [-0.3, -0.25) is 4.79 Å². The van der Waals surface area contributed by atoms with Crippen molar-refractivity contribution in [2.45, 2.75) is 19.9 Å². The maximum atomic E-state index is 12.2. The maximum absolute atomic E-state index is 12.2. The number of amides is 1. The Bertz CT molecular complexity index is 700. The number of anilines is 1. The van der Waals surface area contributed by atoms with Crippen LogP contribution in [0.25, 0.3) is 0 Å². The largest absolute Gasteiger partial charge is 0.466 e. The van der Waals surface area contributed by atoms with Gasteiger partial charge >= 0.3 is 5.97 Å². The topological polar surface area (TPSA) is 70.7 Å². The monoisotopic (exact) mass is 333 g/mol. The molecular formula is C16H19N3O3S. The van der Waals surface area contributed by atoms with Crippen LogP contribution in [0.4, 0.5) is 5.69 Å². The van der Waals surface area contributed by atoms with E-state index in [0.717, 1.165) is 11.3 Å². The number of thiocarbonyl (C=S) groups is 1. The van der Waals surface area contributed by atoms with Gasteiger partial charge in [-0.15, -0.1) is 0 Å². The van der Waals surface area contributed by atoms with Crippen LogP contribution in [0, 0.1) is 0 Å². The molecule has 0 spiro atoms. The number of nitrogens with zero attached hydrogens (tertiary/aromatic N) is 1. The van der Waals surface area contributed by atoms with E-state index in [4.69, 9.17) is 17.0 Å². The van der Waals surface area contributed by atoms with Gasteiger partial charge in [0.15, 0.2) is 5.11 Å². The van der Waals surface area contributed by atoms with Gasteiger partial charge in [0.1, 0.15) is 0 Å². The van der Waals surface area contributed by atoms with Gasteiger partial charge in [0.25, 0.3) is 0 Å². The summed E-state index contributed by atoms with van der Waals surface area (Å²) < 4.78 is 4.91. The molecule has 1 heterocycles. The molecule has 1 atom stereocenters. The highest BCUT2D eigenvalue weighted by molar-refractivity contribution is 7.80. The van der Waals surface area contributed by atoms with E-state index in [0.29, 0.717) is 16.4 Å². The van der Waals surface area contributed by atoms with Crippen LogP contribution < -0.4 is 10.6 Å². The van der Waals surface area contributed by atoms with Crippen molar-refractivity contribution in [2.24, 2.45) is 0 Å². The molecule has 1 amide bonds. The lowest BCUT2D eigenvalue weighted by molar-refractivity contribution is -0.136. The number of nitrogens with one attached hydrogen (secondary N) is 2. The maximum Gasteiger partial charge on any atom is 0.337 e. The molecule has 0 bridgehead atoms. The number of carbonyl (C=O) groups is 2. The Morgan fingerprint density at radius 1 is 1.39 bits per heavy atom. The van der Waals surface area contributed by atoms with Crippen molar-refractivity contribution in [3.63, 3.8) is 0 Å². The molecule has 0 radical (unpaired) electrons. The summed E-state index contributed by atoms with van der Waals surface area (Å²) in [4.78, 5) is 25.2. The summed E-state index contributed by atoms with van der Waals surface area (Å²) in [5, 5.41) is 6.39. The number of methoxy groups -OCH3 is 1. The highest BCUT2D eigenvalue weighted by atomic mass is 32.1. The first kappa shape index (κ1) is 17.0. The average Bonchev–Trinajstić information content (AvgIpc) is 2.51. The molecule has 0 fully saturated rings. The van der Waals surface area contributed by atoms with Gasteiger partial charge in [-0.25, -0.2) is 4.79 Å². The lowest BCUT2D eigenvalue weighted by Crippen LogP contribution is -2.46. The standard InChI is InChI=1S/C16H19N3O3S/c1-9-13(15(21)22-4)14(18-16(23)19(9)3)11-6-5-7-12(8-11)17-10(2)20/h5-8,14H,1-4H3,(H,17,20)(H,18,23). The number of ether oxygens (including phenoxy) is 1. The normalized spacial score (nSPS) is 17.7. The summed E-state index contributed by atoms with van der Waals surface area (Å²) in [7, 11) is 3.14. The first-order chi connectivity index (χ1) is 10.8. The number of benzene rings is 1. The molecule has 0 aliphatic carbocycles. The third-order valence-electron chi connectivity index (χ3n) is 3.70. The van der Waals surface area contributed by atoms with Crippen molar-refractivity contribution in [2.75, 3.05) is 19.5 Å². The molecule has 2 rings (SSSR count). The lowest BCUT2D eigenvalue weighted by atomic mass is 9.95. The fraction of sp³-hybridized carbons (Fsp3) is 0.312. The van der Waals surface area contributed by atoms with E-state index < -0.39 is 12.0 Å². The van der Waals surface area contributed by atoms with Crippen molar-refractivity contribution in [3.8, 4) is 0 Å². The van der Waals surface area contributed by atoms with E-state index in [2.05, 4.69) is 10.6 Å². The minimum atomic E-state index is -0.431. The van der Waals surface area contributed by atoms with Gasteiger partial charge < -0.3 is 20.3 Å². The first-order valence-corrected chi connectivity index (χ1v) is 7.46. The summed E-state index contributed by atoms with van der Waals surface area (Å²) in [6.45, 7) is 3.27. The minimum Gasteiger partial charge on any atom is -0.466 e. The third kappa shape index (κ3) is 3.50. The van der Waals surface area contributed by atoms with Crippen molar-refractivity contribution < 1.29 is 14.3 Å². The third-order valence-corrected chi connectivity index (χ3v) is 4.09. The summed E-state index contributed by atoms with van der Waals surface area (Å²) >= 11 is 5.32. The van der Waals surface area contributed by atoms with Crippen LogP contribution in [0.5, 0.6) is 0 Å². The molecule has 1 aliphatic rings. The lowest BCUT2D eigenvalue weighted by Gasteiger charge is -2.35. The summed E-state index contributed by atoms with van der Waals surface area (Å²) in [6.07, 6.45) is 0. The predicted octanol–water partition coefficient (Wildman–Crippen LogP) is 1.95. The van der Waals surface area contributed by atoms with Crippen LogP contribution in [0.3, 0.4) is 0 Å². The van der Waals surface area contributed by atoms with E-state index >= 15 is 0 Å². The highest BCUT2D eigenvalue weighted by Gasteiger charge is 2.33.